The largest absolute Gasteiger partial charge is 0.419 e. The topological polar surface area (TPSA) is 84.7 Å². The minimum atomic E-state index is -4.05. The summed E-state index contributed by atoms with van der Waals surface area (Å²) in [5, 5.41) is 3.19. The molecule has 7 nitrogen and oxygen atoms in total. The van der Waals surface area contributed by atoms with E-state index in [0.29, 0.717) is 17.1 Å². The molecule has 4 rings (SSSR count). The number of sulfone groups is 1. The van der Waals surface area contributed by atoms with Crippen molar-refractivity contribution in [1.82, 2.24) is 9.88 Å². The maximum absolute atomic E-state index is 13.3. The van der Waals surface area contributed by atoms with Gasteiger partial charge in [-0.1, -0.05) is 23.7 Å². The number of benzene rings is 2. The lowest BCUT2D eigenvalue weighted by Crippen LogP contribution is -2.37. The van der Waals surface area contributed by atoms with Crippen molar-refractivity contribution in [3.05, 3.63) is 59.4 Å². The third-order valence-electron chi connectivity index (χ3n) is 5.12. The number of nitrogens with one attached hydrogen (secondary N) is 1. The van der Waals surface area contributed by atoms with Gasteiger partial charge in [0.25, 0.3) is 0 Å². The highest BCUT2D eigenvalue weighted by Crippen LogP contribution is 2.35. The Kier molecular flexibility index (Phi) is 7.10. The molecule has 1 aliphatic rings. The van der Waals surface area contributed by atoms with Gasteiger partial charge in [0, 0.05) is 19.6 Å². The van der Waals surface area contributed by atoms with E-state index in [2.05, 4.69) is 15.2 Å². The molecule has 0 saturated carbocycles. The molecule has 1 aromatic heterocycles. The van der Waals surface area contributed by atoms with Crippen LogP contribution in [0.25, 0.3) is 11.5 Å². The zero-order valence-electron chi connectivity index (χ0n) is 17.3. The summed E-state index contributed by atoms with van der Waals surface area (Å²) >= 11 is 6.25. The van der Waals surface area contributed by atoms with Gasteiger partial charge in [-0.2, -0.15) is 4.98 Å². The van der Waals surface area contributed by atoms with E-state index in [1.807, 2.05) is 0 Å². The monoisotopic (exact) mass is 479 g/mol. The molecule has 10 heteroatoms. The van der Waals surface area contributed by atoms with Gasteiger partial charge in [-0.15, -0.1) is 0 Å². The number of oxazole rings is 1. The highest BCUT2D eigenvalue weighted by atomic mass is 35.5. The normalized spacial score (nSPS) is 15.1. The number of ether oxygens (including phenoxy) is 1. The van der Waals surface area contributed by atoms with Gasteiger partial charge in [-0.3, -0.25) is 4.90 Å². The maximum atomic E-state index is 13.3. The van der Waals surface area contributed by atoms with E-state index < -0.39 is 15.7 Å². The molecule has 2 heterocycles. The Balaban J connectivity index is 1.60. The Hall–Kier alpha value is -2.46. The standard InChI is InChI=1S/C22H23ClFN3O4S/c23-19-5-2-1-4-18(19)20-26-22(32(28,29)17-8-6-16(24)7-9-17)21(31-20)25-10-3-11-27-12-14-30-15-13-27/h1-2,4-9,25H,3,10-15H2. The molecule has 0 atom stereocenters. The highest BCUT2D eigenvalue weighted by molar-refractivity contribution is 7.91. The summed E-state index contributed by atoms with van der Waals surface area (Å²) in [6, 6.07) is 11.5. The van der Waals surface area contributed by atoms with Crippen LogP contribution >= 0.6 is 11.6 Å². The van der Waals surface area contributed by atoms with E-state index in [0.717, 1.165) is 51.4 Å². The van der Waals surface area contributed by atoms with E-state index >= 15 is 0 Å². The molecule has 2 aromatic carbocycles. The van der Waals surface area contributed by atoms with Crippen molar-refractivity contribution in [3.63, 3.8) is 0 Å². The fourth-order valence-electron chi connectivity index (χ4n) is 3.40. The van der Waals surface area contributed by atoms with E-state index in [1.54, 1.807) is 24.3 Å². The van der Waals surface area contributed by atoms with Crippen molar-refractivity contribution in [1.29, 1.82) is 0 Å². The average Bonchev–Trinajstić information content (AvgIpc) is 3.23. The molecule has 0 aliphatic carbocycles. The van der Waals surface area contributed by atoms with Crippen LogP contribution in [0.5, 0.6) is 0 Å². The lowest BCUT2D eigenvalue weighted by molar-refractivity contribution is 0.0378. The van der Waals surface area contributed by atoms with Crippen LogP contribution in [0, 0.1) is 5.82 Å². The molecule has 0 radical (unpaired) electrons. The second-order valence-corrected chi connectivity index (χ2v) is 9.60. The van der Waals surface area contributed by atoms with Crippen molar-refractivity contribution in [2.75, 3.05) is 44.7 Å². The lowest BCUT2D eigenvalue weighted by Gasteiger charge is -2.26. The molecule has 3 aromatic rings. The van der Waals surface area contributed by atoms with Gasteiger partial charge in [0.05, 0.1) is 28.7 Å². The Bertz CT molecular complexity index is 1160. The third kappa shape index (κ3) is 5.12. The second kappa shape index (κ2) is 9.99. The number of hydrogen-bond acceptors (Lipinski definition) is 7. The second-order valence-electron chi connectivity index (χ2n) is 7.32. The number of morpholine rings is 1. The van der Waals surface area contributed by atoms with Gasteiger partial charge in [0.15, 0.2) is 0 Å². The zero-order valence-corrected chi connectivity index (χ0v) is 18.8. The first-order chi connectivity index (χ1) is 15.4. The molecule has 1 N–H and O–H groups in total. The summed E-state index contributed by atoms with van der Waals surface area (Å²) in [6.45, 7) is 4.53. The van der Waals surface area contributed by atoms with Crippen molar-refractivity contribution in [2.24, 2.45) is 0 Å². The van der Waals surface area contributed by atoms with Crippen LogP contribution in [0.1, 0.15) is 6.42 Å². The van der Waals surface area contributed by atoms with Gasteiger partial charge in [0.1, 0.15) is 5.82 Å². The van der Waals surface area contributed by atoms with Crippen LogP contribution in [0.2, 0.25) is 5.02 Å². The number of hydrogen-bond donors (Lipinski definition) is 1. The first kappa shape index (κ1) is 22.7. The molecule has 0 bridgehead atoms. The molecule has 0 spiro atoms. The van der Waals surface area contributed by atoms with Crippen molar-refractivity contribution < 1.29 is 22.0 Å². The van der Waals surface area contributed by atoms with Crippen LogP contribution < -0.4 is 5.32 Å². The molecule has 1 aliphatic heterocycles. The van der Waals surface area contributed by atoms with Crippen molar-refractivity contribution in [2.45, 2.75) is 16.3 Å². The smallest absolute Gasteiger partial charge is 0.233 e. The summed E-state index contributed by atoms with van der Waals surface area (Å²) in [5.74, 6) is -0.402. The Morgan fingerprint density at radius 2 is 1.81 bits per heavy atom. The fraction of sp³-hybridized carbons (Fsp3) is 0.318. The van der Waals surface area contributed by atoms with Crippen LogP contribution in [0.3, 0.4) is 0 Å². The quantitative estimate of drug-likeness (QED) is 0.384. The molecule has 170 valence electrons. The summed E-state index contributed by atoms with van der Waals surface area (Å²) in [7, 11) is -4.05. The van der Waals surface area contributed by atoms with Crippen LogP contribution in [0.15, 0.2) is 62.9 Å². The van der Waals surface area contributed by atoms with E-state index in [1.165, 1.54) is 12.1 Å². The zero-order chi connectivity index (χ0) is 22.6. The maximum Gasteiger partial charge on any atom is 0.233 e. The lowest BCUT2D eigenvalue weighted by atomic mass is 10.2. The number of aromatic nitrogens is 1. The van der Waals surface area contributed by atoms with Gasteiger partial charge < -0.3 is 14.5 Å². The van der Waals surface area contributed by atoms with Crippen LogP contribution in [0.4, 0.5) is 10.3 Å². The Morgan fingerprint density at radius 3 is 2.53 bits per heavy atom. The van der Waals surface area contributed by atoms with Gasteiger partial charge >= 0.3 is 0 Å². The van der Waals surface area contributed by atoms with Crippen molar-refractivity contribution in [3.8, 4) is 11.5 Å². The van der Waals surface area contributed by atoms with E-state index in [4.69, 9.17) is 20.8 Å². The fourth-order valence-corrected chi connectivity index (χ4v) is 4.90. The number of nitrogens with zero attached hydrogens (tertiary/aromatic N) is 2. The summed E-state index contributed by atoms with van der Waals surface area (Å²) < 4.78 is 51.0. The van der Waals surface area contributed by atoms with Gasteiger partial charge in [-0.05, 0) is 49.4 Å². The predicted molar refractivity (Wildman–Crippen MR) is 119 cm³/mol. The Labute approximate surface area is 191 Å². The highest BCUT2D eigenvalue weighted by Gasteiger charge is 2.29. The Morgan fingerprint density at radius 1 is 1.09 bits per heavy atom. The SMILES string of the molecule is O=S(=O)(c1ccc(F)cc1)c1nc(-c2ccccc2Cl)oc1NCCCN1CCOCC1. The summed E-state index contributed by atoms with van der Waals surface area (Å²) in [6.07, 6.45) is 0.776. The molecular formula is C22H23ClFN3O4S. The molecule has 0 unspecified atom stereocenters. The molecule has 0 amide bonds. The van der Waals surface area contributed by atoms with E-state index in [-0.39, 0.29) is 21.7 Å². The number of halogens is 2. The first-order valence-corrected chi connectivity index (χ1v) is 12.1. The first-order valence-electron chi connectivity index (χ1n) is 10.3. The summed E-state index contributed by atoms with van der Waals surface area (Å²) in [5.41, 5.74) is 0.478. The van der Waals surface area contributed by atoms with Gasteiger partial charge in [-0.25, -0.2) is 12.8 Å². The minimum absolute atomic E-state index is 0.0335. The van der Waals surface area contributed by atoms with Crippen LogP contribution in [-0.2, 0) is 14.6 Å². The average molecular weight is 480 g/mol. The predicted octanol–water partition coefficient (Wildman–Crippen LogP) is 4.10. The molecule has 32 heavy (non-hydrogen) atoms. The van der Waals surface area contributed by atoms with Crippen molar-refractivity contribution >= 4 is 27.3 Å². The number of rotatable bonds is 8. The molecule has 1 saturated heterocycles. The molecular weight excluding hydrogens is 457 g/mol. The summed E-state index contributed by atoms with van der Waals surface area (Å²) in [4.78, 5) is 6.47. The molecule has 1 fully saturated rings. The van der Waals surface area contributed by atoms with Gasteiger partial charge in [0.2, 0.25) is 26.6 Å². The third-order valence-corrected chi connectivity index (χ3v) is 7.13. The minimum Gasteiger partial charge on any atom is -0.419 e. The van der Waals surface area contributed by atoms with Crippen LogP contribution in [-0.4, -0.2) is 57.7 Å². The number of anilines is 1. The van der Waals surface area contributed by atoms with E-state index in [9.17, 15) is 12.8 Å².